The third-order valence-electron chi connectivity index (χ3n) is 4.33. The van der Waals surface area contributed by atoms with Crippen LogP contribution in [0.2, 0.25) is 0 Å². The molecule has 5 nitrogen and oxygen atoms in total. The maximum Gasteiger partial charge on any atom is 0.231 e. The Bertz CT molecular complexity index is 989. The Morgan fingerprint density at radius 2 is 1.16 bits per heavy atom. The van der Waals surface area contributed by atoms with E-state index in [-0.39, 0.29) is 24.7 Å². The molecule has 0 spiro atoms. The molecule has 0 aliphatic heterocycles. The van der Waals surface area contributed by atoms with Gasteiger partial charge in [0.15, 0.2) is 0 Å². The zero-order valence-corrected chi connectivity index (χ0v) is 13.5. The van der Waals surface area contributed by atoms with Crippen molar-refractivity contribution in [3.63, 3.8) is 0 Å². The maximum absolute atomic E-state index is 12.2. The zero-order chi connectivity index (χ0) is 17.2. The van der Waals surface area contributed by atoms with Crippen molar-refractivity contribution >= 4 is 33.6 Å². The number of benzene rings is 2. The van der Waals surface area contributed by atoms with E-state index in [2.05, 4.69) is 15.3 Å². The van der Waals surface area contributed by atoms with Crippen LogP contribution < -0.4 is 5.32 Å². The highest BCUT2D eigenvalue weighted by atomic mass is 16.2. The van der Waals surface area contributed by atoms with Crippen molar-refractivity contribution in [1.29, 1.82) is 0 Å². The zero-order valence-electron chi connectivity index (χ0n) is 13.5. The summed E-state index contributed by atoms with van der Waals surface area (Å²) < 4.78 is 0. The first-order chi connectivity index (χ1) is 12.2. The third kappa shape index (κ3) is 3.04. The van der Waals surface area contributed by atoms with Crippen LogP contribution in [0.4, 0.5) is 0 Å². The summed E-state index contributed by atoms with van der Waals surface area (Å²) in [4.78, 5) is 30.7. The Balaban J connectivity index is 1.43. The molecule has 3 N–H and O–H groups in total. The average Bonchev–Trinajstić information content (AvgIpc) is 3.20. The Kier molecular flexibility index (Phi) is 3.82. The number of carbonyl (C=O) groups is 2. The van der Waals surface area contributed by atoms with Crippen LogP contribution in [-0.4, -0.2) is 21.8 Å². The van der Waals surface area contributed by atoms with Crippen LogP contribution in [0, 0.1) is 0 Å². The van der Waals surface area contributed by atoms with E-state index in [1.165, 1.54) is 0 Å². The Morgan fingerprint density at radius 1 is 0.720 bits per heavy atom. The summed E-state index contributed by atoms with van der Waals surface area (Å²) in [6.07, 6.45) is 3.97. The van der Waals surface area contributed by atoms with Gasteiger partial charge in [-0.05, 0) is 23.3 Å². The SMILES string of the molecule is O=C(Cc1c[nH]c2ccccc12)NC(=O)Cc1c[nH]c2ccccc12. The van der Waals surface area contributed by atoms with Crippen LogP contribution in [0.1, 0.15) is 11.1 Å². The van der Waals surface area contributed by atoms with E-state index in [9.17, 15) is 9.59 Å². The van der Waals surface area contributed by atoms with E-state index in [1.54, 1.807) is 0 Å². The molecule has 0 saturated carbocycles. The number of hydrogen-bond donors (Lipinski definition) is 3. The predicted molar refractivity (Wildman–Crippen MR) is 97.2 cm³/mol. The summed E-state index contributed by atoms with van der Waals surface area (Å²) in [5, 5.41) is 4.48. The second-order valence-electron chi connectivity index (χ2n) is 6.04. The van der Waals surface area contributed by atoms with Gasteiger partial charge in [-0.3, -0.25) is 14.9 Å². The van der Waals surface area contributed by atoms with Gasteiger partial charge < -0.3 is 9.97 Å². The fourth-order valence-corrected chi connectivity index (χ4v) is 3.15. The van der Waals surface area contributed by atoms with Gasteiger partial charge in [-0.25, -0.2) is 0 Å². The lowest BCUT2D eigenvalue weighted by atomic mass is 10.1. The van der Waals surface area contributed by atoms with Crippen LogP contribution >= 0.6 is 0 Å². The molecule has 0 atom stereocenters. The van der Waals surface area contributed by atoms with Crippen molar-refractivity contribution in [2.75, 3.05) is 0 Å². The molecule has 2 aromatic heterocycles. The van der Waals surface area contributed by atoms with Gasteiger partial charge in [-0.1, -0.05) is 36.4 Å². The topological polar surface area (TPSA) is 77.8 Å². The standard InChI is InChI=1S/C20H17N3O2/c24-19(9-13-11-21-17-7-3-1-5-15(13)17)23-20(25)10-14-12-22-18-8-4-2-6-16(14)18/h1-8,11-12,21-22H,9-10H2,(H,23,24,25). The molecule has 2 amide bonds. The maximum atomic E-state index is 12.2. The Hall–Kier alpha value is -3.34. The number of aromatic nitrogens is 2. The molecule has 25 heavy (non-hydrogen) atoms. The number of hydrogen-bond acceptors (Lipinski definition) is 2. The largest absolute Gasteiger partial charge is 0.361 e. The molecule has 0 saturated heterocycles. The smallest absolute Gasteiger partial charge is 0.231 e. The van der Waals surface area contributed by atoms with Crippen LogP contribution in [0.25, 0.3) is 21.8 Å². The van der Waals surface area contributed by atoms with E-state index in [0.29, 0.717) is 0 Å². The molecule has 0 fully saturated rings. The summed E-state index contributed by atoms with van der Waals surface area (Å²) >= 11 is 0. The fourth-order valence-electron chi connectivity index (χ4n) is 3.15. The van der Waals surface area contributed by atoms with E-state index in [1.807, 2.05) is 60.9 Å². The molecule has 0 bridgehead atoms. The lowest BCUT2D eigenvalue weighted by molar-refractivity contribution is -0.129. The fraction of sp³-hybridized carbons (Fsp3) is 0.100. The van der Waals surface area contributed by atoms with Crippen molar-refractivity contribution in [1.82, 2.24) is 15.3 Å². The second kappa shape index (κ2) is 6.28. The number of imide groups is 1. The highest BCUT2D eigenvalue weighted by molar-refractivity contribution is 6.00. The van der Waals surface area contributed by atoms with Gasteiger partial charge in [0.25, 0.3) is 0 Å². The molecule has 4 rings (SSSR count). The number of amides is 2. The van der Waals surface area contributed by atoms with Gasteiger partial charge in [0.1, 0.15) is 0 Å². The molecule has 0 aliphatic carbocycles. The monoisotopic (exact) mass is 331 g/mol. The van der Waals surface area contributed by atoms with Crippen molar-refractivity contribution in [2.45, 2.75) is 12.8 Å². The van der Waals surface area contributed by atoms with Gasteiger partial charge in [0.05, 0.1) is 12.8 Å². The predicted octanol–water partition coefficient (Wildman–Crippen LogP) is 3.08. The van der Waals surface area contributed by atoms with Gasteiger partial charge in [0.2, 0.25) is 11.8 Å². The number of H-pyrrole nitrogens is 2. The molecule has 0 unspecified atom stereocenters. The van der Waals surface area contributed by atoms with Crippen molar-refractivity contribution < 1.29 is 9.59 Å². The average molecular weight is 331 g/mol. The second-order valence-corrected chi connectivity index (χ2v) is 6.04. The third-order valence-corrected chi connectivity index (χ3v) is 4.33. The Labute approximate surface area is 144 Å². The molecular weight excluding hydrogens is 314 g/mol. The minimum atomic E-state index is -0.297. The van der Waals surface area contributed by atoms with Gasteiger partial charge in [-0.15, -0.1) is 0 Å². The molecule has 4 aromatic rings. The number of carbonyl (C=O) groups excluding carboxylic acids is 2. The molecule has 124 valence electrons. The summed E-state index contributed by atoms with van der Waals surface area (Å²) in [6, 6.07) is 15.6. The van der Waals surface area contributed by atoms with E-state index < -0.39 is 0 Å². The van der Waals surface area contributed by atoms with Crippen LogP contribution in [0.15, 0.2) is 60.9 Å². The normalized spacial score (nSPS) is 11.0. The van der Waals surface area contributed by atoms with Gasteiger partial charge in [-0.2, -0.15) is 0 Å². The quantitative estimate of drug-likeness (QED) is 0.537. The first-order valence-corrected chi connectivity index (χ1v) is 8.13. The van der Waals surface area contributed by atoms with Crippen LogP contribution in [0.5, 0.6) is 0 Å². The molecule has 2 aromatic carbocycles. The highest BCUT2D eigenvalue weighted by Gasteiger charge is 2.13. The number of aromatic amines is 2. The number of fused-ring (bicyclic) bond motifs is 2. The molecule has 0 radical (unpaired) electrons. The number of nitrogens with one attached hydrogen (secondary N) is 3. The minimum Gasteiger partial charge on any atom is -0.361 e. The van der Waals surface area contributed by atoms with Crippen LogP contribution in [-0.2, 0) is 22.4 Å². The first kappa shape index (κ1) is 15.2. The molecule has 5 heteroatoms. The number of para-hydroxylation sites is 2. The minimum absolute atomic E-state index is 0.170. The summed E-state index contributed by atoms with van der Waals surface area (Å²) in [6.45, 7) is 0. The van der Waals surface area contributed by atoms with Crippen LogP contribution in [0.3, 0.4) is 0 Å². The molecule has 2 heterocycles. The Morgan fingerprint density at radius 3 is 1.64 bits per heavy atom. The molecular formula is C20H17N3O2. The lowest BCUT2D eigenvalue weighted by Gasteiger charge is -2.03. The number of rotatable bonds is 4. The van der Waals surface area contributed by atoms with E-state index in [4.69, 9.17) is 0 Å². The van der Waals surface area contributed by atoms with Gasteiger partial charge in [0, 0.05) is 34.2 Å². The summed E-state index contributed by atoms with van der Waals surface area (Å²) in [5.74, 6) is -0.593. The summed E-state index contributed by atoms with van der Waals surface area (Å²) in [5.41, 5.74) is 3.73. The van der Waals surface area contributed by atoms with Crippen molar-refractivity contribution in [3.05, 3.63) is 72.1 Å². The highest BCUT2D eigenvalue weighted by Crippen LogP contribution is 2.19. The first-order valence-electron chi connectivity index (χ1n) is 8.13. The lowest BCUT2D eigenvalue weighted by Crippen LogP contribution is -2.32. The van der Waals surface area contributed by atoms with Crippen molar-refractivity contribution in [2.24, 2.45) is 0 Å². The van der Waals surface area contributed by atoms with Gasteiger partial charge >= 0.3 is 0 Å². The van der Waals surface area contributed by atoms with E-state index >= 15 is 0 Å². The summed E-state index contributed by atoms with van der Waals surface area (Å²) in [7, 11) is 0. The van der Waals surface area contributed by atoms with Crippen molar-refractivity contribution in [3.8, 4) is 0 Å². The molecule has 0 aliphatic rings. The van der Waals surface area contributed by atoms with E-state index in [0.717, 1.165) is 32.9 Å².